The third-order valence-corrected chi connectivity index (χ3v) is 4.12. The highest BCUT2D eigenvalue weighted by Gasteiger charge is 2.16. The number of methoxy groups -OCH3 is 1. The van der Waals surface area contributed by atoms with Crippen LogP contribution in [0.25, 0.3) is 0 Å². The molecule has 0 radical (unpaired) electrons. The van der Waals surface area contributed by atoms with E-state index in [1.165, 1.54) is 0 Å². The fourth-order valence-corrected chi connectivity index (χ4v) is 2.69. The van der Waals surface area contributed by atoms with Gasteiger partial charge < -0.3 is 24.4 Å². The van der Waals surface area contributed by atoms with Crippen molar-refractivity contribution in [2.75, 3.05) is 41.0 Å². The van der Waals surface area contributed by atoms with Gasteiger partial charge in [-0.1, -0.05) is 24.3 Å². The molecule has 0 saturated carbocycles. The van der Waals surface area contributed by atoms with Crippen molar-refractivity contribution in [3.05, 3.63) is 54.1 Å². The first-order valence-electron chi connectivity index (χ1n) is 8.96. The van der Waals surface area contributed by atoms with Crippen LogP contribution in [0.1, 0.15) is 18.5 Å². The fourth-order valence-electron chi connectivity index (χ4n) is 2.69. The molecule has 2 rings (SSSR count). The molecule has 0 aliphatic rings. The van der Waals surface area contributed by atoms with E-state index in [1.54, 1.807) is 19.2 Å². The van der Waals surface area contributed by atoms with Crippen LogP contribution in [0.3, 0.4) is 0 Å². The quantitative estimate of drug-likeness (QED) is 0.695. The molecule has 1 N–H and O–H groups in total. The largest absolute Gasteiger partial charge is 0.494 e. The first-order chi connectivity index (χ1) is 13.0. The number of nitrogens with zero attached hydrogens (tertiary/aromatic N) is 1. The summed E-state index contributed by atoms with van der Waals surface area (Å²) in [5, 5.41) is 2.93. The number of benzene rings is 2. The molecule has 0 bridgehead atoms. The van der Waals surface area contributed by atoms with Gasteiger partial charge in [-0.25, -0.2) is 0 Å². The second kappa shape index (κ2) is 10.4. The minimum absolute atomic E-state index is 0.0517. The minimum atomic E-state index is -0.182. The highest BCUT2D eigenvalue weighted by atomic mass is 16.5. The molecule has 2 aromatic rings. The Kier molecular flexibility index (Phi) is 7.95. The number of amides is 1. The Morgan fingerprint density at radius 2 is 1.70 bits per heavy atom. The molecule has 0 heterocycles. The lowest BCUT2D eigenvalue weighted by molar-refractivity contribution is -0.123. The van der Waals surface area contributed by atoms with Gasteiger partial charge in [0.15, 0.2) is 18.1 Å². The van der Waals surface area contributed by atoms with Gasteiger partial charge in [-0.05, 0) is 50.8 Å². The smallest absolute Gasteiger partial charge is 0.258 e. The first-order valence-corrected chi connectivity index (χ1v) is 8.96. The van der Waals surface area contributed by atoms with E-state index in [2.05, 4.69) is 10.2 Å². The molecule has 6 nitrogen and oxygen atoms in total. The van der Waals surface area contributed by atoms with Crippen LogP contribution in [0.4, 0.5) is 0 Å². The van der Waals surface area contributed by atoms with Gasteiger partial charge in [0.05, 0.1) is 19.8 Å². The summed E-state index contributed by atoms with van der Waals surface area (Å²) in [4.78, 5) is 14.3. The van der Waals surface area contributed by atoms with Crippen molar-refractivity contribution in [2.24, 2.45) is 0 Å². The summed E-state index contributed by atoms with van der Waals surface area (Å²) < 4.78 is 16.3. The predicted octanol–water partition coefficient (Wildman–Crippen LogP) is 2.89. The Bertz CT molecular complexity index is 716. The van der Waals surface area contributed by atoms with E-state index in [0.29, 0.717) is 24.7 Å². The Labute approximate surface area is 161 Å². The van der Waals surface area contributed by atoms with Crippen LogP contribution in [0, 0.1) is 0 Å². The third kappa shape index (κ3) is 6.18. The van der Waals surface area contributed by atoms with Gasteiger partial charge in [0.2, 0.25) is 0 Å². The number of ether oxygens (including phenoxy) is 3. The lowest BCUT2D eigenvalue weighted by atomic mass is 10.1. The van der Waals surface area contributed by atoms with Gasteiger partial charge in [0, 0.05) is 6.54 Å². The second-order valence-electron chi connectivity index (χ2n) is 6.23. The number of para-hydroxylation sites is 2. The summed E-state index contributed by atoms with van der Waals surface area (Å²) >= 11 is 0. The summed E-state index contributed by atoms with van der Waals surface area (Å²) in [7, 11) is 5.54. The van der Waals surface area contributed by atoms with Gasteiger partial charge in [0.1, 0.15) is 5.75 Å². The first kappa shape index (κ1) is 20.6. The fraction of sp³-hybridized carbons (Fsp3) is 0.381. The van der Waals surface area contributed by atoms with Crippen LogP contribution in [0.5, 0.6) is 17.2 Å². The van der Waals surface area contributed by atoms with Crippen LogP contribution in [0.15, 0.2) is 48.5 Å². The molecule has 0 fully saturated rings. The van der Waals surface area contributed by atoms with Crippen molar-refractivity contribution in [1.82, 2.24) is 10.2 Å². The van der Waals surface area contributed by atoms with Crippen molar-refractivity contribution >= 4 is 5.91 Å². The van der Waals surface area contributed by atoms with Gasteiger partial charge >= 0.3 is 0 Å². The standard InChI is InChI=1S/C21H28N2O4/c1-5-26-17-12-10-16(11-13-17)18(23(2)3)14-22-21(24)15-27-20-9-7-6-8-19(20)25-4/h6-13,18H,5,14-15H2,1-4H3,(H,22,24). The van der Waals surface area contributed by atoms with E-state index in [9.17, 15) is 4.79 Å². The molecule has 0 aliphatic carbocycles. The summed E-state index contributed by atoms with van der Waals surface area (Å²) in [5.74, 6) is 1.81. The third-order valence-electron chi connectivity index (χ3n) is 4.12. The number of rotatable bonds is 10. The Hall–Kier alpha value is -2.73. The SMILES string of the molecule is CCOc1ccc(C(CNC(=O)COc2ccccc2OC)N(C)C)cc1. The minimum Gasteiger partial charge on any atom is -0.494 e. The van der Waals surface area contributed by atoms with Crippen LogP contribution in [0.2, 0.25) is 0 Å². The maximum absolute atomic E-state index is 12.2. The Morgan fingerprint density at radius 1 is 1.04 bits per heavy atom. The van der Waals surface area contributed by atoms with Crippen LogP contribution in [-0.2, 0) is 4.79 Å². The average molecular weight is 372 g/mol. The van der Waals surface area contributed by atoms with E-state index in [-0.39, 0.29) is 18.6 Å². The molecular formula is C21H28N2O4. The molecule has 0 spiro atoms. The number of carbonyl (C=O) groups is 1. The lowest BCUT2D eigenvalue weighted by Gasteiger charge is -2.25. The Balaban J connectivity index is 1.90. The van der Waals surface area contributed by atoms with Crippen LogP contribution in [-0.4, -0.2) is 51.8 Å². The average Bonchev–Trinajstić information content (AvgIpc) is 2.68. The zero-order valence-corrected chi connectivity index (χ0v) is 16.4. The molecule has 0 aliphatic heterocycles. The van der Waals surface area contributed by atoms with Crippen molar-refractivity contribution < 1.29 is 19.0 Å². The summed E-state index contributed by atoms with van der Waals surface area (Å²) in [6.07, 6.45) is 0. The van der Waals surface area contributed by atoms with E-state index in [1.807, 2.05) is 57.4 Å². The van der Waals surface area contributed by atoms with Crippen molar-refractivity contribution in [1.29, 1.82) is 0 Å². The highest BCUT2D eigenvalue weighted by Crippen LogP contribution is 2.25. The Morgan fingerprint density at radius 3 is 2.30 bits per heavy atom. The lowest BCUT2D eigenvalue weighted by Crippen LogP contribution is -2.36. The predicted molar refractivity (Wildman–Crippen MR) is 106 cm³/mol. The van der Waals surface area contributed by atoms with Gasteiger partial charge in [-0.3, -0.25) is 4.79 Å². The monoisotopic (exact) mass is 372 g/mol. The van der Waals surface area contributed by atoms with Gasteiger partial charge in [-0.15, -0.1) is 0 Å². The van der Waals surface area contributed by atoms with Crippen LogP contribution >= 0.6 is 0 Å². The molecule has 6 heteroatoms. The van der Waals surface area contributed by atoms with E-state index >= 15 is 0 Å². The second-order valence-corrected chi connectivity index (χ2v) is 6.23. The molecule has 27 heavy (non-hydrogen) atoms. The molecular weight excluding hydrogens is 344 g/mol. The van der Waals surface area contributed by atoms with Gasteiger partial charge in [0.25, 0.3) is 5.91 Å². The number of likely N-dealkylation sites (N-methyl/N-ethyl adjacent to an activating group) is 1. The van der Waals surface area contributed by atoms with Gasteiger partial charge in [-0.2, -0.15) is 0 Å². The molecule has 0 aromatic heterocycles. The zero-order valence-electron chi connectivity index (χ0n) is 16.4. The molecule has 1 amide bonds. The molecule has 2 aromatic carbocycles. The normalized spacial score (nSPS) is 11.7. The van der Waals surface area contributed by atoms with Crippen molar-refractivity contribution in [2.45, 2.75) is 13.0 Å². The molecule has 1 unspecified atom stereocenters. The van der Waals surface area contributed by atoms with E-state index in [4.69, 9.17) is 14.2 Å². The molecule has 146 valence electrons. The van der Waals surface area contributed by atoms with E-state index < -0.39 is 0 Å². The summed E-state index contributed by atoms with van der Waals surface area (Å²) in [6.45, 7) is 3.01. The van der Waals surface area contributed by atoms with E-state index in [0.717, 1.165) is 11.3 Å². The number of nitrogens with one attached hydrogen (secondary N) is 1. The van der Waals surface area contributed by atoms with Crippen molar-refractivity contribution in [3.8, 4) is 17.2 Å². The zero-order chi connectivity index (χ0) is 19.6. The summed E-state index contributed by atoms with van der Waals surface area (Å²) in [5.41, 5.74) is 1.11. The highest BCUT2D eigenvalue weighted by molar-refractivity contribution is 5.77. The number of carbonyl (C=O) groups excluding carboxylic acids is 1. The summed E-state index contributed by atoms with van der Waals surface area (Å²) in [6, 6.07) is 15.2. The molecule has 0 saturated heterocycles. The maximum atomic E-state index is 12.2. The van der Waals surface area contributed by atoms with Crippen LogP contribution < -0.4 is 19.5 Å². The van der Waals surface area contributed by atoms with Crippen molar-refractivity contribution in [3.63, 3.8) is 0 Å². The maximum Gasteiger partial charge on any atom is 0.258 e. The number of hydrogen-bond acceptors (Lipinski definition) is 5. The molecule has 1 atom stereocenters. The number of hydrogen-bond donors (Lipinski definition) is 1. The topological polar surface area (TPSA) is 60.0 Å².